The van der Waals surface area contributed by atoms with Crippen LogP contribution in [-0.4, -0.2) is 45.7 Å². The summed E-state index contributed by atoms with van der Waals surface area (Å²) in [5, 5.41) is 10.0. The molecule has 0 radical (unpaired) electrons. The second-order valence-corrected chi connectivity index (χ2v) is 13.7. The topological polar surface area (TPSA) is 160 Å². The summed E-state index contributed by atoms with van der Waals surface area (Å²) in [7, 11) is -3.63. The van der Waals surface area contributed by atoms with Gasteiger partial charge in [-0.1, -0.05) is 25.0 Å². The summed E-state index contributed by atoms with van der Waals surface area (Å²) >= 11 is 0. The molecule has 6 aromatic rings. The van der Waals surface area contributed by atoms with Crippen LogP contribution in [-0.2, 0) is 14.6 Å². The quantitative estimate of drug-likeness (QED) is 0.167. The van der Waals surface area contributed by atoms with Gasteiger partial charge in [0, 0.05) is 34.8 Å². The maximum atomic E-state index is 14.7. The third kappa shape index (κ3) is 5.58. The monoisotopic (exact) mass is 623 g/mol. The summed E-state index contributed by atoms with van der Waals surface area (Å²) < 4.78 is 38.9. The molecule has 1 aliphatic rings. The third-order valence-electron chi connectivity index (χ3n) is 8.38. The van der Waals surface area contributed by atoms with Gasteiger partial charge in [-0.3, -0.25) is 14.9 Å². The molecule has 5 N–H and O–H groups in total. The summed E-state index contributed by atoms with van der Waals surface area (Å²) in [5.74, 6) is -0.514. The van der Waals surface area contributed by atoms with E-state index in [1.807, 2.05) is 42.5 Å². The molecule has 1 atom stereocenters. The molecule has 2 aromatic carbocycles. The third-order valence-corrected chi connectivity index (χ3v) is 9.57. The molecule has 228 valence electrons. The minimum absolute atomic E-state index is 0.0258. The fourth-order valence-corrected chi connectivity index (χ4v) is 6.67. The normalized spacial score (nSPS) is 14.7. The number of hydrogen-bond acceptors (Lipinski definition) is 7. The van der Waals surface area contributed by atoms with Crippen LogP contribution in [0.1, 0.15) is 36.6 Å². The van der Waals surface area contributed by atoms with Crippen LogP contribution < -0.4 is 11.1 Å². The van der Waals surface area contributed by atoms with Crippen molar-refractivity contribution in [3.8, 4) is 33.8 Å². The van der Waals surface area contributed by atoms with Gasteiger partial charge in [0.05, 0.1) is 28.8 Å². The SMILES string of the molecule is CS(=O)(=O)C(N)c1cc(F)cc(-c2cccc3[nH]c(-c4n[nH]c5ccc(-c6cncc(NC(=O)C7CCCC7)c6)nc45)cc23)c1. The number of benzene rings is 2. The molecule has 1 unspecified atom stereocenters. The molecule has 1 aliphatic carbocycles. The predicted octanol–water partition coefficient (Wildman–Crippen LogP) is 6.10. The second-order valence-electron chi connectivity index (χ2n) is 11.6. The Hall–Kier alpha value is -4.94. The minimum atomic E-state index is -3.63. The molecule has 45 heavy (non-hydrogen) atoms. The van der Waals surface area contributed by atoms with Crippen molar-refractivity contribution in [3.05, 3.63) is 84.4 Å². The highest BCUT2D eigenvalue weighted by Gasteiger charge is 2.23. The predicted molar refractivity (Wildman–Crippen MR) is 172 cm³/mol. The van der Waals surface area contributed by atoms with Crippen molar-refractivity contribution in [2.24, 2.45) is 11.7 Å². The number of aromatic nitrogens is 5. The number of halogens is 1. The zero-order valence-corrected chi connectivity index (χ0v) is 25.2. The lowest BCUT2D eigenvalue weighted by Gasteiger charge is -2.12. The first-order valence-electron chi connectivity index (χ1n) is 14.6. The minimum Gasteiger partial charge on any atom is -0.353 e. The summed E-state index contributed by atoms with van der Waals surface area (Å²) in [4.78, 5) is 25.3. The van der Waals surface area contributed by atoms with Crippen LogP contribution in [0.2, 0.25) is 0 Å². The number of nitrogens with one attached hydrogen (secondary N) is 3. The van der Waals surface area contributed by atoms with Crippen LogP contribution in [0.15, 0.2) is 73.1 Å². The van der Waals surface area contributed by atoms with Gasteiger partial charge >= 0.3 is 0 Å². The van der Waals surface area contributed by atoms with E-state index in [2.05, 4.69) is 25.5 Å². The van der Waals surface area contributed by atoms with E-state index < -0.39 is 21.0 Å². The van der Waals surface area contributed by atoms with E-state index in [0.29, 0.717) is 39.4 Å². The highest BCUT2D eigenvalue weighted by atomic mass is 32.2. The van der Waals surface area contributed by atoms with Crippen LogP contribution in [0.3, 0.4) is 0 Å². The summed E-state index contributed by atoms with van der Waals surface area (Å²) in [5.41, 5.74) is 12.8. The molecule has 12 heteroatoms. The molecule has 0 bridgehead atoms. The Morgan fingerprint density at radius 3 is 2.64 bits per heavy atom. The van der Waals surface area contributed by atoms with E-state index in [9.17, 15) is 17.6 Å². The van der Waals surface area contributed by atoms with Crippen molar-refractivity contribution in [2.45, 2.75) is 31.1 Å². The van der Waals surface area contributed by atoms with Crippen molar-refractivity contribution in [1.29, 1.82) is 0 Å². The Kier molecular flexibility index (Phi) is 7.17. The Labute approximate surface area is 258 Å². The fourth-order valence-electron chi connectivity index (χ4n) is 6.04. The van der Waals surface area contributed by atoms with E-state index in [-0.39, 0.29) is 17.4 Å². The van der Waals surface area contributed by atoms with Crippen molar-refractivity contribution >= 4 is 43.4 Å². The number of pyridine rings is 2. The molecule has 1 amide bonds. The van der Waals surface area contributed by atoms with Crippen molar-refractivity contribution in [1.82, 2.24) is 25.1 Å². The Bertz CT molecular complexity index is 2200. The number of hydrogen-bond donors (Lipinski definition) is 4. The van der Waals surface area contributed by atoms with E-state index in [0.717, 1.165) is 60.0 Å². The van der Waals surface area contributed by atoms with Gasteiger partial charge in [0.25, 0.3) is 0 Å². The molecule has 7 rings (SSSR count). The molecule has 1 fully saturated rings. The zero-order chi connectivity index (χ0) is 31.3. The van der Waals surface area contributed by atoms with Gasteiger partial charge in [0.15, 0.2) is 9.84 Å². The van der Waals surface area contributed by atoms with Crippen molar-refractivity contribution in [2.75, 3.05) is 11.6 Å². The number of carbonyl (C=O) groups is 1. The van der Waals surface area contributed by atoms with Gasteiger partial charge in [-0.05, 0) is 78.1 Å². The molecular weight excluding hydrogens is 593 g/mol. The first kappa shape index (κ1) is 28.8. The van der Waals surface area contributed by atoms with E-state index >= 15 is 0 Å². The Morgan fingerprint density at radius 1 is 1.02 bits per heavy atom. The molecular formula is C33H30FN7O3S. The maximum Gasteiger partial charge on any atom is 0.227 e. The molecule has 0 aliphatic heterocycles. The van der Waals surface area contributed by atoms with E-state index in [4.69, 9.17) is 10.7 Å². The smallest absolute Gasteiger partial charge is 0.227 e. The van der Waals surface area contributed by atoms with Gasteiger partial charge in [0.1, 0.15) is 22.4 Å². The first-order chi connectivity index (χ1) is 21.6. The van der Waals surface area contributed by atoms with Gasteiger partial charge < -0.3 is 16.0 Å². The highest BCUT2D eigenvalue weighted by Crippen LogP contribution is 2.36. The molecule has 10 nitrogen and oxygen atoms in total. The number of nitrogens with zero attached hydrogens (tertiary/aromatic N) is 3. The average molecular weight is 624 g/mol. The van der Waals surface area contributed by atoms with Crippen LogP contribution in [0.4, 0.5) is 10.1 Å². The van der Waals surface area contributed by atoms with E-state index in [1.54, 1.807) is 18.5 Å². The molecule has 0 saturated heterocycles. The standard InChI is InChI=1S/C33H30FN7O3S/c1-45(43,44)32(35)20-11-19(12-22(34)13-20)24-7-4-8-27-25(24)15-29(38-27)31-30-28(40-41-31)10-9-26(39-30)21-14-23(17-36-16-21)37-33(42)18-5-2-3-6-18/h4,7-18,32,38H,2-3,5-6,35H2,1H3,(H,37,42)(H,40,41). The molecule has 4 aromatic heterocycles. The van der Waals surface area contributed by atoms with Crippen molar-refractivity contribution in [3.63, 3.8) is 0 Å². The molecule has 0 spiro atoms. The van der Waals surface area contributed by atoms with Gasteiger partial charge in [0.2, 0.25) is 5.91 Å². The number of fused-ring (bicyclic) bond motifs is 2. The molecule has 1 saturated carbocycles. The number of nitrogens with two attached hydrogens (primary N) is 1. The summed E-state index contributed by atoms with van der Waals surface area (Å²) in [6.45, 7) is 0. The van der Waals surface area contributed by atoms with E-state index in [1.165, 1.54) is 6.07 Å². The Morgan fingerprint density at radius 2 is 1.84 bits per heavy atom. The highest BCUT2D eigenvalue weighted by molar-refractivity contribution is 7.90. The van der Waals surface area contributed by atoms with Crippen LogP contribution >= 0.6 is 0 Å². The number of carbonyl (C=O) groups excluding carboxylic acids is 1. The summed E-state index contributed by atoms with van der Waals surface area (Å²) in [6, 6.07) is 17.2. The second kappa shape index (κ2) is 11.2. The molecule has 4 heterocycles. The zero-order valence-electron chi connectivity index (χ0n) is 24.3. The largest absolute Gasteiger partial charge is 0.353 e. The lowest BCUT2D eigenvalue weighted by atomic mass is 9.99. The lowest BCUT2D eigenvalue weighted by molar-refractivity contribution is -0.119. The van der Waals surface area contributed by atoms with Gasteiger partial charge in [-0.25, -0.2) is 17.8 Å². The van der Waals surface area contributed by atoms with Crippen LogP contribution in [0, 0.1) is 11.7 Å². The fraction of sp³-hybridized carbons (Fsp3) is 0.212. The summed E-state index contributed by atoms with van der Waals surface area (Å²) in [6.07, 6.45) is 8.35. The van der Waals surface area contributed by atoms with Crippen LogP contribution in [0.25, 0.3) is 55.7 Å². The van der Waals surface area contributed by atoms with Crippen LogP contribution in [0.5, 0.6) is 0 Å². The lowest BCUT2D eigenvalue weighted by Crippen LogP contribution is -2.20. The number of anilines is 1. The van der Waals surface area contributed by atoms with Gasteiger partial charge in [-0.15, -0.1) is 0 Å². The first-order valence-corrected chi connectivity index (χ1v) is 16.6. The van der Waals surface area contributed by atoms with Gasteiger partial charge in [-0.2, -0.15) is 5.10 Å². The van der Waals surface area contributed by atoms with Crippen molar-refractivity contribution < 1.29 is 17.6 Å². The number of H-pyrrole nitrogens is 2. The number of rotatable bonds is 7. The Balaban J connectivity index is 1.25. The average Bonchev–Trinajstić information content (AvgIpc) is 3.79. The number of amides is 1. The number of aromatic amines is 2. The number of sulfone groups is 1. The maximum absolute atomic E-state index is 14.7.